The van der Waals surface area contributed by atoms with Crippen LogP contribution >= 0.6 is 11.3 Å². The molecule has 3 aromatic rings. The lowest BCUT2D eigenvalue weighted by Gasteiger charge is -2.23. The van der Waals surface area contributed by atoms with Crippen LogP contribution in [0.1, 0.15) is 34.5 Å². The van der Waals surface area contributed by atoms with E-state index in [0.717, 1.165) is 30.8 Å². The summed E-state index contributed by atoms with van der Waals surface area (Å²) in [6.45, 7) is 6.16. The minimum absolute atomic E-state index is 0.0760. The summed E-state index contributed by atoms with van der Waals surface area (Å²) in [5, 5.41) is 10.1. The van der Waals surface area contributed by atoms with Crippen molar-refractivity contribution in [2.75, 3.05) is 25.0 Å². The van der Waals surface area contributed by atoms with Crippen molar-refractivity contribution in [1.29, 1.82) is 0 Å². The monoisotopic (exact) mass is 356 g/mol. The van der Waals surface area contributed by atoms with Crippen LogP contribution in [0.25, 0.3) is 5.65 Å². The Morgan fingerprint density at radius 2 is 2.28 bits per heavy atom. The third-order valence-corrected chi connectivity index (χ3v) is 5.90. The number of hydrogen-bond acceptors (Lipinski definition) is 6. The molecular weight excluding hydrogens is 336 g/mol. The van der Waals surface area contributed by atoms with E-state index in [1.807, 2.05) is 24.7 Å². The van der Waals surface area contributed by atoms with Gasteiger partial charge in [-0.25, -0.2) is 14.5 Å². The van der Waals surface area contributed by atoms with Gasteiger partial charge in [-0.05, 0) is 25.0 Å². The molecule has 7 nitrogen and oxygen atoms in total. The van der Waals surface area contributed by atoms with Crippen LogP contribution in [0, 0.1) is 6.92 Å². The third kappa shape index (κ3) is 2.66. The molecule has 25 heavy (non-hydrogen) atoms. The highest BCUT2D eigenvalue weighted by Crippen LogP contribution is 2.37. The van der Waals surface area contributed by atoms with E-state index in [-0.39, 0.29) is 17.1 Å². The Morgan fingerprint density at radius 3 is 3.00 bits per heavy atom. The number of anilines is 1. The molecule has 3 aromatic heterocycles. The van der Waals surface area contributed by atoms with E-state index in [0.29, 0.717) is 5.65 Å². The van der Waals surface area contributed by atoms with Gasteiger partial charge in [-0.1, -0.05) is 6.92 Å². The Labute approximate surface area is 149 Å². The second-order valence-electron chi connectivity index (χ2n) is 6.73. The fourth-order valence-electron chi connectivity index (χ4n) is 3.39. The van der Waals surface area contributed by atoms with E-state index in [1.165, 1.54) is 5.01 Å². The molecule has 4 rings (SSSR count). The number of hydrogen-bond donors (Lipinski definition) is 1. The molecule has 0 saturated carbocycles. The SMILES string of the molecule is CNC(=O)c1nc2c(C)cc(N3CCC(C)(c4nccs4)C3)cn2n1. The van der Waals surface area contributed by atoms with Crippen molar-refractivity contribution in [2.24, 2.45) is 0 Å². The van der Waals surface area contributed by atoms with Crippen LogP contribution in [-0.2, 0) is 5.41 Å². The Bertz CT molecular complexity index is 934. The summed E-state index contributed by atoms with van der Waals surface area (Å²) in [6, 6.07) is 2.12. The summed E-state index contributed by atoms with van der Waals surface area (Å²) in [4.78, 5) is 23.0. The van der Waals surface area contributed by atoms with E-state index in [2.05, 4.69) is 38.3 Å². The number of nitrogens with one attached hydrogen (secondary N) is 1. The Hall–Kier alpha value is -2.48. The van der Waals surface area contributed by atoms with Gasteiger partial charge in [-0.2, -0.15) is 0 Å². The number of rotatable bonds is 3. The number of aromatic nitrogens is 4. The second kappa shape index (κ2) is 5.80. The minimum atomic E-state index is -0.276. The van der Waals surface area contributed by atoms with Gasteiger partial charge in [0.2, 0.25) is 5.82 Å². The van der Waals surface area contributed by atoms with Crippen LogP contribution in [0.5, 0.6) is 0 Å². The zero-order valence-electron chi connectivity index (χ0n) is 14.5. The molecule has 4 heterocycles. The fraction of sp³-hybridized carbons (Fsp3) is 0.412. The normalized spacial score (nSPS) is 20.4. The van der Waals surface area contributed by atoms with Crippen molar-refractivity contribution in [3.05, 3.63) is 40.2 Å². The maximum Gasteiger partial charge on any atom is 0.290 e. The van der Waals surface area contributed by atoms with Gasteiger partial charge in [0.1, 0.15) is 5.01 Å². The summed E-state index contributed by atoms with van der Waals surface area (Å²) >= 11 is 1.72. The molecule has 0 spiro atoms. The lowest BCUT2D eigenvalue weighted by Crippen LogP contribution is -2.28. The van der Waals surface area contributed by atoms with Crippen molar-refractivity contribution in [3.63, 3.8) is 0 Å². The number of carbonyl (C=O) groups is 1. The molecule has 8 heteroatoms. The zero-order chi connectivity index (χ0) is 17.6. The highest BCUT2D eigenvalue weighted by atomic mass is 32.1. The van der Waals surface area contributed by atoms with Crippen LogP contribution in [0.4, 0.5) is 5.69 Å². The first-order chi connectivity index (χ1) is 12.0. The van der Waals surface area contributed by atoms with Crippen molar-refractivity contribution in [2.45, 2.75) is 25.7 Å². The molecule has 1 aliphatic heterocycles. The Kier molecular flexibility index (Phi) is 3.72. The quantitative estimate of drug-likeness (QED) is 0.777. The lowest BCUT2D eigenvalue weighted by molar-refractivity contribution is 0.0953. The Morgan fingerprint density at radius 1 is 1.44 bits per heavy atom. The van der Waals surface area contributed by atoms with Crippen LogP contribution in [0.15, 0.2) is 23.8 Å². The summed E-state index contributed by atoms with van der Waals surface area (Å²) in [7, 11) is 1.58. The lowest BCUT2D eigenvalue weighted by atomic mass is 9.91. The van der Waals surface area contributed by atoms with Crippen LogP contribution < -0.4 is 10.2 Å². The molecule has 1 fully saturated rings. The molecule has 1 aliphatic rings. The van der Waals surface area contributed by atoms with Crippen molar-refractivity contribution in [1.82, 2.24) is 24.9 Å². The molecule has 1 N–H and O–H groups in total. The first-order valence-corrected chi connectivity index (χ1v) is 9.12. The summed E-state index contributed by atoms with van der Waals surface area (Å²) in [5.74, 6) is -0.0843. The number of thiazole rings is 1. The van der Waals surface area contributed by atoms with Gasteiger partial charge in [0.05, 0.1) is 11.9 Å². The van der Waals surface area contributed by atoms with Gasteiger partial charge in [-0.3, -0.25) is 4.79 Å². The van der Waals surface area contributed by atoms with E-state index in [9.17, 15) is 4.79 Å². The first kappa shape index (κ1) is 16.0. The number of pyridine rings is 1. The number of fused-ring (bicyclic) bond motifs is 1. The van der Waals surface area contributed by atoms with Gasteiger partial charge in [0, 0.05) is 37.1 Å². The van der Waals surface area contributed by atoms with Crippen molar-refractivity contribution >= 4 is 28.6 Å². The maximum absolute atomic E-state index is 11.8. The van der Waals surface area contributed by atoms with Gasteiger partial charge >= 0.3 is 0 Å². The highest BCUT2D eigenvalue weighted by Gasteiger charge is 2.37. The predicted molar refractivity (Wildman–Crippen MR) is 97.4 cm³/mol. The topological polar surface area (TPSA) is 75.4 Å². The van der Waals surface area contributed by atoms with Crippen molar-refractivity contribution < 1.29 is 4.79 Å². The van der Waals surface area contributed by atoms with E-state index >= 15 is 0 Å². The van der Waals surface area contributed by atoms with Gasteiger partial charge in [0.25, 0.3) is 5.91 Å². The predicted octanol–water partition coefficient (Wildman–Crippen LogP) is 2.02. The summed E-state index contributed by atoms with van der Waals surface area (Å²) in [6.07, 6.45) is 4.90. The summed E-state index contributed by atoms with van der Waals surface area (Å²) in [5.41, 5.74) is 2.89. The molecule has 0 aromatic carbocycles. The molecule has 1 saturated heterocycles. The smallest absolute Gasteiger partial charge is 0.290 e. The molecule has 1 unspecified atom stereocenters. The molecule has 0 radical (unpaired) electrons. The Balaban J connectivity index is 1.67. The fourth-order valence-corrected chi connectivity index (χ4v) is 4.21. The van der Waals surface area contributed by atoms with E-state index in [4.69, 9.17) is 0 Å². The van der Waals surface area contributed by atoms with Gasteiger partial charge in [0.15, 0.2) is 5.65 Å². The van der Waals surface area contributed by atoms with E-state index in [1.54, 1.807) is 22.9 Å². The number of aryl methyl sites for hydroxylation is 1. The van der Waals surface area contributed by atoms with Gasteiger partial charge in [-0.15, -0.1) is 16.4 Å². The molecule has 130 valence electrons. The molecule has 1 atom stereocenters. The van der Waals surface area contributed by atoms with Gasteiger partial charge < -0.3 is 10.2 Å². The zero-order valence-corrected chi connectivity index (χ0v) is 15.3. The third-order valence-electron chi connectivity index (χ3n) is 4.82. The summed E-state index contributed by atoms with van der Waals surface area (Å²) < 4.78 is 1.70. The number of carbonyl (C=O) groups excluding carboxylic acids is 1. The molecule has 0 bridgehead atoms. The number of amides is 1. The van der Waals surface area contributed by atoms with E-state index < -0.39 is 0 Å². The standard InChI is InChI=1S/C17H20N6OS/c1-11-8-12(9-23-14(11)20-13(21-23)15(24)18-3)22-6-4-17(2,10-22)16-19-5-7-25-16/h5,7-9H,4,6,10H2,1-3H3,(H,18,24). The average molecular weight is 356 g/mol. The second-order valence-corrected chi connectivity index (χ2v) is 7.63. The number of nitrogens with zero attached hydrogens (tertiary/aromatic N) is 5. The average Bonchev–Trinajstić information content (AvgIpc) is 3.33. The first-order valence-electron chi connectivity index (χ1n) is 8.24. The highest BCUT2D eigenvalue weighted by molar-refractivity contribution is 7.09. The van der Waals surface area contributed by atoms with Crippen LogP contribution in [-0.4, -0.2) is 45.6 Å². The minimum Gasteiger partial charge on any atom is -0.369 e. The molecular formula is C17H20N6OS. The molecule has 1 amide bonds. The van der Waals surface area contributed by atoms with Crippen LogP contribution in [0.2, 0.25) is 0 Å². The van der Waals surface area contributed by atoms with Crippen LogP contribution in [0.3, 0.4) is 0 Å². The largest absolute Gasteiger partial charge is 0.369 e. The molecule has 0 aliphatic carbocycles. The maximum atomic E-state index is 11.8. The van der Waals surface area contributed by atoms with Crippen molar-refractivity contribution in [3.8, 4) is 0 Å².